The monoisotopic (exact) mass is 560 g/mol. The number of benzene rings is 4. The lowest BCUT2D eigenvalue weighted by molar-refractivity contribution is 0.0948. The number of H-pyrrole nitrogens is 1. The van der Waals surface area contributed by atoms with Crippen LogP contribution in [0.1, 0.15) is 22.6 Å². The quantitative estimate of drug-likeness (QED) is 0.286. The number of aromatic amines is 1. The number of nitrogens with zero attached hydrogens (tertiary/aromatic N) is 3. The molecular formula is C32H25FN6O3. The number of halogens is 1. The van der Waals surface area contributed by atoms with Gasteiger partial charge >= 0.3 is 0 Å². The van der Waals surface area contributed by atoms with Gasteiger partial charge in [-0.2, -0.15) is 0 Å². The number of rotatable bonds is 4. The number of aromatic nitrogens is 3. The van der Waals surface area contributed by atoms with Crippen LogP contribution >= 0.6 is 0 Å². The van der Waals surface area contributed by atoms with Crippen LogP contribution in [0.3, 0.4) is 0 Å². The Morgan fingerprint density at radius 2 is 1.90 bits per heavy atom. The van der Waals surface area contributed by atoms with Gasteiger partial charge in [-0.3, -0.25) is 9.59 Å². The summed E-state index contributed by atoms with van der Waals surface area (Å²) in [7, 11) is 0. The number of ether oxygens (including phenoxy) is 1. The van der Waals surface area contributed by atoms with Gasteiger partial charge in [-0.15, -0.1) is 0 Å². The molecule has 8 rings (SSSR count). The van der Waals surface area contributed by atoms with Crippen LogP contribution in [-0.4, -0.2) is 39.6 Å². The molecular weight excluding hydrogens is 535 g/mol. The highest BCUT2D eigenvalue weighted by Crippen LogP contribution is 2.48. The molecule has 0 saturated carbocycles. The van der Waals surface area contributed by atoms with Crippen molar-refractivity contribution in [3.8, 4) is 17.2 Å². The van der Waals surface area contributed by atoms with Gasteiger partial charge in [-0.1, -0.05) is 36.4 Å². The predicted molar refractivity (Wildman–Crippen MR) is 159 cm³/mol. The first-order valence-corrected chi connectivity index (χ1v) is 13.8. The van der Waals surface area contributed by atoms with E-state index in [4.69, 9.17) is 10.5 Å². The van der Waals surface area contributed by atoms with Gasteiger partial charge in [0.2, 0.25) is 5.43 Å². The SMILES string of the molecule is NC1CCN(c2c(F)cc3c(=O)c(C(=O)NCc4nc5ccccc5[nH]4)cn4c3c2Oc2cc3ccccc3cc2-4)C1. The zero-order valence-electron chi connectivity index (χ0n) is 22.4. The van der Waals surface area contributed by atoms with Crippen molar-refractivity contribution in [2.24, 2.45) is 5.73 Å². The van der Waals surface area contributed by atoms with E-state index in [1.54, 1.807) is 4.57 Å². The smallest absolute Gasteiger partial charge is 0.257 e. The molecule has 2 aliphatic heterocycles. The Morgan fingerprint density at radius 1 is 1.12 bits per heavy atom. The maximum atomic E-state index is 15.9. The molecule has 42 heavy (non-hydrogen) atoms. The molecule has 9 nitrogen and oxygen atoms in total. The third-order valence-electron chi connectivity index (χ3n) is 8.11. The highest BCUT2D eigenvalue weighted by Gasteiger charge is 2.33. The molecule has 2 aliphatic rings. The van der Waals surface area contributed by atoms with E-state index >= 15 is 4.39 Å². The van der Waals surface area contributed by atoms with Crippen molar-refractivity contribution in [1.82, 2.24) is 19.9 Å². The van der Waals surface area contributed by atoms with Crippen molar-refractivity contribution in [2.75, 3.05) is 18.0 Å². The molecule has 0 radical (unpaired) electrons. The lowest BCUT2D eigenvalue weighted by Crippen LogP contribution is -2.31. The number of carbonyl (C=O) groups excluding carboxylic acids is 1. The number of imidazole rings is 1. The van der Waals surface area contributed by atoms with E-state index in [1.165, 1.54) is 12.3 Å². The summed E-state index contributed by atoms with van der Waals surface area (Å²) >= 11 is 0. The van der Waals surface area contributed by atoms with Crippen LogP contribution in [0.15, 0.2) is 77.7 Å². The van der Waals surface area contributed by atoms with Gasteiger partial charge in [0.15, 0.2) is 17.3 Å². The lowest BCUT2D eigenvalue weighted by atomic mass is 10.0. The van der Waals surface area contributed by atoms with Crippen LogP contribution in [0, 0.1) is 5.82 Å². The van der Waals surface area contributed by atoms with Gasteiger partial charge in [0.25, 0.3) is 5.91 Å². The van der Waals surface area contributed by atoms with E-state index in [9.17, 15) is 9.59 Å². The molecule has 1 atom stereocenters. The third kappa shape index (κ3) is 3.76. The average molecular weight is 561 g/mol. The van der Waals surface area contributed by atoms with Crippen LogP contribution < -0.4 is 26.1 Å². The van der Waals surface area contributed by atoms with Gasteiger partial charge in [-0.05, 0) is 47.5 Å². The first kappa shape index (κ1) is 24.6. The summed E-state index contributed by atoms with van der Waals surface area (Å²) < 4.78 is 24.1. The number of nitrogens with two attached hydrogens (primary N) is 1. The van der Waals surface area contributed by atoms with E-state index in [1.807, 2.05) is 65.6 Å². The Hall–Kier alpha value is -5.22. The van der Waals surface area contributed by atoms with Crippen molar-refractivity contribution < 1.29 is 13.9 Å². The number of hydrogen-bond donors (Lipinski definition) is 3. The highest BCUT2D eigenvalue weighted by atomic mass is 19.1. The molecule has 1 unspecified atom stereocenters. The minimum Gasteiger partial charge on any atom is -0.451 e. The second-order valence-corrected chi connectivity index (χ2v) is 10.8. The number of nitrogens with one attached hydrogen (secondary N) is 2. The second kappa shape index (κ2) is 9.15. The molecule has 4 heterocycles. The molecule has 1 saturated heterocycles. The van der Waals surface area contributed by atoms with Gasteiger partial charge in [0.1, 0.15) is 22.6 Å². The summed E-state index contributed by atoms with van der Waals surface area (Å²) in [5, 5.41) is 4.77. The first-order chi connectivity index (χ1) is 20.4. The molecule has 208 valence electrons. The first-order valence-electron chi connectivity index (χ1n) is 13.8. The van der Waals surface area contributed by atoms with Gasteiger partial charge < -0.3 is 30.2 Å². The van der Waals surface area contributed by atoms with Gasteiger partial charge in [0.05, 0.1) is 28.7 Å². The van der Waals surface area contributed by atoms with E-state index in [-0.39, 0.29) is 35.0 Å². The maximum Gasteiger partial charge on any atom is 0.257 e. The number of amides is 1. The standard InChI is InChI=1S/C32H25FN6O3/c33-22-13-20-28-31(29(22)38-10-9-19(34)15-38)42-26-12-18-6-2-1-5-17(18)11-25(26)39(28)16-21(30(20)40)32(41)35-14-27-36-23-7-3-4-8-24(23)37-27/h1-8,11-13,16,19H,9-10,14-15,34H2,(H,35,41)(H,36,37). The lowest BCUT2D eigenvalue weighted by Gasteiger charge is -2.29. The fourth-order valence-corrected chi connectivity index (χ4v) is 6.09. The molecule has 4 N–H and O–H groups in total. The molecule has 0 bridgehead atoms. The number of para-hydroxylation sites is 2. The Balaban J connectivity index is 1.29. The van der Waals surface area contributed by atoms with Gasteiger partial charge in [-0.25, -0.2) is 9.37 Å². The molecule has 0 aliphatic carbocycles. The van der Waals surface area contributed by atoms with Crippen LogP contribution in [-0.2, 0) is 6.54 Å². The molecule has 10 heteroatoms. The highest BCUT2D eigenvalue weighted by molar-refractivity contribution is 6.02. The van der Waals surface area contributed by atoms with Crippen molar-refractivity contribution in [2.45, 2.75) is 19.0 Å². The number of pyridine rings is 1. The predicted octanol–water partition coefficient (Wildman–Crippen LogP) is 4.73. The average Bonchev–Trinajstić information content (AvgIpc) is 3.61. The summed E-state index contributed by atoms with van der Waals surface area (Å²) in [6.07, 6.45) is 2.24. The Kier molecular flexibility index (Phi) is 5.35. The molecule has 6 aromatic rings. The van der Waals surface area contributed by atoms with Crippen molar-refractivity contribution in [1.29, 1.82) is 0 Å². The van der Waals surface area contributed by atoms with E-state index in [2.05, 4.69) is 15.3 Å². The molecule has 1 fully saturated rings. The van der Waals surface area contributed by atoms with Crippen LogP contribution in [0.5, 0.6) is 11.5 Å². The van der Waals surface area contributed by atoms with Crippen molar-refractivity contribution in [3.63, 3.8) is 0 Å². The van der Waals surface area contributed by atoms with E-state index < -0.39 is 17.2 Å². The summed E-state index contributed by atoms with van der Waals surface area (Å²) in [5.41, 5.74) is 8.41. The summed E-state index contributed by atoms with van der Waals surface area (Å²) in [4.78, 5) is 36.8. The topological polar surface area (TPSA) is 118 Å². The second-order valence-electron chi connectivity index (χ2n) is 10.8. The number of anilines is 1. The van der Waals surface area contributed by atoms with Gasteiger partial charge in [0, 0.05) is 25.3 Å². The zero-order chi connectivity index (χ0) is 28.5. The van der Waals surface area contributed by atoms with Crippen LogP contribution in [0.4, 0.5) is 10.1 Å². The molecule has 4 aromatic carbocycles. The molecule has 1 amide bonds. The largest absolute Gasteiger partial charge is 0.451 e. The summed E-state index contributed by atoms with van der Waals surface area (Å²) in [6.45, 7) is 1.12. The number of fused-ring (bicyclic) bond motifs is 4. The minimum absolute atomic E-state index is 0.0601. The van der Waals surface area contributed by atoms with Crippen molar-refractivity contribution in [3.05, 3.63) is 100 Å². The van der Waals surface area contributed by atoms with Crippen LogP contribution in [0.25, 0.3) is 38.4 Å². The summed E-state index contributed by atoms with van der Waals surface area (Å²) in [5.74, 6) is 0.109. The number of hydrogen-bond acceptors (Lipinski definition) is 6. The number of carbonyl (C=O) groups is 1. The fraction of sp³-hybridized carbons (Fsp3) is 0.156. The Morgan fingerprint density at radius 3 is 2.69 bits per heavy atom. The zero-order valence-corrected chi connectivity index (χ0v) is 22.4. The van der Waals surface area contributed by atoms with Crippen molar-refractivity contribution >= 4 is 44.3 Å². The maximum absolute atomic E-state index is 15.9. The molecule has 0 spiro atoms. The van der Waals surface area contributed by atoms with E-state index in [0.717, 1.165) is 28.2 Å². The normalized spacial score (nSPS) is 15.8. The summed E-state index contributed by atoms with van der Waals surface area (Å²) in [6, 6.07) is 20.3. The minimum atomic E-state index is -0.598. The Labute approximate surface area is 238 Å². The Bertz CT molecular complexity index is 2120. The van der Waals surface area contributed by atoms with Crippen LogP contribution in [0.2, 0.25) is 0 Å². The third-order valence-corrected chi connectivity index (χ3v) is 8.11. The fourth-order valence-electron chi connectivity index (χ4n) is 6.09. The van der Waals surface area contributed by atoms with E-state index in [0.29, 0.717) is 35.9 Å². The molecule has 2 aromatic heterocycles.